The molecule has 0 aliphatic carbocycles. The Labute approximate surface area is 196 Å². The maximum Gasteiger partial charge on any atom is 0.255 e. The summed E-state index contributed by atoms with van der Waals surface area (Å²) < 4.78 is 31.7. The van der Waals surface area contributed by atoms with Crippen LogP contribution in [0.15, 0.2) is 47.3 Å². The van der Waals surface area contributed by atoms with Crippen molar-refractivity contribution in [2.75, 3.05) is 30.4 Å². The maximum atomic E-state index is 14.8. The van der Waals surface area contributed by atoms with Crippen molar-refractivity contribution in [3.05, 3.63) is 64.4 Å². The minimum absolute atomic E-state index is 0.0240. The van der Waals surface area contributed by atoms with E-state index in [4.69, 9.17) is 14.2 Å². The maximum absolute atomic E-state index is 14.8. The third kappa shape index (κ3) is 5.61. The Morgan fingerprint density at radius 3 is 2.67 bits per heavy atom. The van der Waals surface area contributed by atoms with Gasteiger partial charge in [-0.1, -0.05) is 0 Å². The van der Waals surface area contributed by atoms with Crippen LogP contribution in [0.25, 0.3) is 0 Å². The molecule has 0 radical (unpaired) electrons. The Hall–Kier alpha value is -3.17. The number of nitrogens with zero attached hydrogens (tertiary/aromatic N) is 2. The fourth-order valence-electron chi connectivity index (χ4n) is 3.81. The van der Waals surface area contributed by atoms with Gasteiger partial charge in [-0.05, 0) is 50.2 Å². The number of carbonyl (C=O) groups is 1. The van der Waals surface area contributed by atoms with Crippen LogP contribution in [-0.2, 0) is 11.3 Å². The summed E-state index contributed by atoms with van der Waals surface area (Å²) in [5.74, 6) is 0.166. The number of ether oxygens (including phenoxy) is 3. The number of amides is 1. The number of hydrogen-bond acceptors (Lipinski definition) is 7. The summed E-state index contributed by atoms with van der Waals surface area (Å²) in [6, 6.07) is 9.61. The summed E-state index contributed by atoms with van der Waals surface area (Å²) in [7, 11) is 1.51. The van der Waals surface area contributed by atoms with Gasteiger partial charge >= 0.3 is 0 Å². The Morgan fingerprint density at radius 1 is 1.21 bits per heavy atom. The molecule has 2 aromatic carbocycles. The molecule has 2 atom stereocenters. The number of thiazole rings is 1. The monoisotopic (exact) mass is 471 g/mol. The number of halogens is 1. The normalized spacial score (nSPS) is 18.1. The summed E-state index contributed by atoms with van der Waals surface area (Å²) in [5.41, 5.74) is 3.79. The molecule has 0 spiro atoms. The fraction of sp³-hybridized carbons (Fsp3) is 0.333. The van der Waals surface area contributed by atoms with Gasteiger partial charge in [0.25, 0.3) is 5.91 Å². The van der Waals surface area contributed by atoms with Crippen LogP contribution in [-0.4, -0.2) is 43.3 Å². The number of aromatic nitrogens is 1. The number of methoxy groups -OCH3 is 1. The third-order valence-corrected chi connectivity index (χ3v) is 5.89. The zero-order chi connectivity index (χ0) is 23.4. The molecule has 1 aliphatic heterocycles. The second-order valence-electron chi connectivity index (χ2n) is 7.92. The second kappa shape index (κ2) is 10.2. The minimum atomic E-state index is -0.391. The van der Waals surface area contributed by atoms with Gasteiger partial charge in [0.1, 0.15) is 12.4 Å². The van der Waals surface area contributed by atoms with Gasteiger partial charge in [-0.25, -0.2) is 9.37 Å². The van der Waals surface area contributed by atoms with E-state index in [9.17, 15) is 9.18 Å². The molecule has 0 saturated carbocycles. The standard InChI is InChI=1S/C24H26FN3O4S/c1-15-10-28(11-16(2)32-15)21-6-5-18(9-20(21)25)27-24(29)17-4-7-22(23(8-17)30-3)31-12-19-13-33-14-26-19/h4-9,13-16H,10-12H2,1-3H3,(H,27,29). The Balaban J connectivity index is 1.43. The van der Waals surface area contributed by atoms with Crippen molar-refractivity contribution in [2.45, 2.75) is 32.7 Å². The highest BCUT2D eigenvalue weighted by molar-refractivity contribution is 7.07. The van der Waals surface area contributed by atoms with E-state index in [-0.39, 0.29) is 18.1 Å². The lowest BCUT2D eigenvalue weighted by atomic mass is 10.1. The molecule has 2 heterocycles. The van der Waals surface area contributed by atoms with Crippen molar-refractivity contribution >= 4 is 28.6 Å². The van der Waals surface area contributed by atoms with Crippen LogP contribution in [0.5, 0.6) is 11.5 Å². The number of anilines is 2. The fourth-order valence-corrected chi connectivity index (χ4v) is 4.35. The molecular weight excluding hydrogens is 445 g/mol. The van der Waals surface area contributed by atoms with Gasteiger partial charge in [0.15, 0.2) is 11.5 Å². The number of benzene rings is 2. The van der Waals surface area contributed by atoms with Crippen molar-refractivity contribution in [2.24, 2.45) is 0 Å². The van der Waals surface area contributed by atoms with Crippen LogP contribution in [0.3, 0.4) is 0 Å². The van der Waals surface area contributed by atoms with E-state index in [1.54, 1.807) is 35.8 Å². The minimum Gasteiger partial charge on any atom is -0.493 e. The van der Waals surface area contributed by atoms with E-state index < -0.39 is 5.82 Å². The topological polar surface area (TPSA) is 72.9 Å². The Bertz CT molecular complexity index is 1100. The average molecular weight is 472 g/mol. The molecule has 1 N–H and O–H groups in total. The van der Waals surface area contributed by atoms with E-state index in [2.05, 4.69) is 10.3 Å². The van der Waals surface area contributed by atoms with E-state index in [1.165, 1.54) is 24.5 Å². The van der Waals surface area contributed by atoms with Gasteiger partial charge < -0.3 is 24.4 Å². The molecule has 33 heavy (non-hydrogen) atoms. The third-order valence-electron chi connectivity index (χ3n) is 5.25. The lowest BCUT2D eigenvalue weighted by Crippen LogP contribution is -2.45. The summed E-state index contributed by atoms with van der Waals surface area (Å²) in [6.45, 7) is 5.47. The molecule has 9 heteroatoms. The van der Waals surface area contributed by atoms with Crippen molar-refractivity contribution in [3.63, 3.8) is 0 Å². The first kappa shape index (κ1) is 23.0. The molecule has 0 bridgehead atoms. The molecule has 1 amide bonds. The number of rotatable bonds is 7. The van der Waals surface area contributed by atoms with Crippen molar-refractivity contribution in [3.8, 4) is 11.5 Å². The highest BCUT2D eigenvalue weighted by atomic mass is 32.1. The molecule has 3 aromatic rings. The zero-order valence-corrected chi connectivity index (χ0v) is 19.5. The molecule has 174 valence electrons. The number of morpholine rings is 1. The Kier molecular flexibility index (Phi) is 7.10. The lowest BCUT2D eigenvalue weighted by molar-refractivity contribution is -0.00539. The molecule has 1 aromatic heterocycles. The summed E-state index contributed by atoms with van der Waals surface area (Å²) >= 11 is 1.49. The quantitative estimate of drug-likeness (QED) is 0.537. The molecule has 1 fully saturated rings. The summed E-state index contributed by atoms with van der Waals surface area (Å²) in [6.07, 6.45) is 0.0481. The Morgan fingerprint density at radius 2 is 2.00 bits per heavy atom. The molecule has 2 unspecified atom stereocenters. The number of carbonyl (C=O) groups excluding carboxylic acids is 1. The van der Waals surface area contributed by atoms with Crippen LogP contribution in [0.1, 0.15) is 29.9 Å². The van der Waals surface area contributed by atoms with Gasteiger partial charge in [0.2, 0.25) is 0 Å². The van der Waals surface area contributed by atoms with Crippen molar-refractivity contribution < 1.29 is 23.4 Å². The van der Waals surface area contributed by atoms with Crippen LogP contribution < -0.4 is 19.7 Å². The summed E-state index contributed by atoms with van der Waals surface area (Å²) in [5, 5.41) is 4.65. The van der Waals surface area contributed by atoms with E-state index in [1.807, 2.05) is 24.1 Å². The first-order valence-electron chi connectivity index (χ1n) is 10.6. The molecule has 4 rings (SSSR count). The molecule has 7 nitrogen and oxygen atoms in total. The second-order valence-corrected chi connectivity index (χ2v) is 8.64. The predicted octanol–water partition coefficient (Wildman–Crippen LogP) is 4.74. The highest BCUT2D eigenvalue weighted by Crippen LogP contribution is 2.30. The first-order chi connectivity index (χ1) is 15.9. The van der Waals surface area contributed by atoms with Gasteiger partial charge in [0.05, 0.1) is 36.2 Å². The van der Waals surface area contributed by atoms with Gasteiger partial charge in [-0.2, -0.15) is 0 Å². The molecule has 1 aliphatic rings. The highest BCUT2D eigenvalue weighted by Gasteiger charge is 2.24. The first-order valence-corrected chi connectivity index (χ1v) is 11.6. The van der Waals surface area contributed by atoms with E-state index >= 15 is 0 Å². The zero-order valence-electron chi connectivity index (χ0n) is 18.7. The summed E-state index contributed by atoms with van der Waals surface area (Å²) in [4.78, 5) is 18.9. The largest absolute Gasteiger partial charge is 0.493 e. The molecule has 1 saturated heterocycles. The van der Waals surface area contributed by atoms with Crippen LogP contribution >= 0.6 is 11.3 Å². The van der Waals surface area contributed by atoms with Crippen LogP contribution in [0, 0.1) is 5.82 Å². The average Bonchev–Trinajstić information content (AvgIpc) is 3.30. The SMILES string of the molecule is COc1cc(C(=O)Nc2ccc(N3CC(C)OC(C)C3)c(F)c2)ccc1OCc1cscn1. The van der Waals surface area contributed by atoms with Crippen molar-refractivity contribution in [1.29, 1.82) is 0 Å². The van der Waals surface area contributed by atoms with Crippen LogP contribution in [0.2, 0.25) is 0 Å². The van der Waals surface area contributed by atoms with Crippen LogP contribution in [0.4, 0.5) is 15.8 Å². The smallest absolute Gasteiger partial charge is 0.255 e. The lowest BCUT2D eigenvalue weighted by Gasteiger charge is -2.37. The predicted molar refractivity (Wildman–Crippen MR) is 126 cm³/mol. The van der Waals surface area contributed by atoms with Crippen molar-refractivity contribution in [1.82, 2.24) is 4.98 Å². The van der Waals surface area contributed by atoms with Gasteiger partial charge in [-0.15, -0.1) is 11.3 Å². The van der Waals surface area contributed by atoms with E-state index in [0.717, 1.165) is 5.69 Å². The molecular formula is C24H26FN3O4S. The number of nitrogens with one attached hydrogen (secondary N) is 1. The number of hydrogen-bond donors (Lipinski definition) is 1. The van der Waals surface area contributed by atoms with Gasteiger partial charge in [-0.3, -0.25) is 4.79 Å². The van der Waals surface area contributed by atoms with E-state index in [0.29, 0.717) is 48.1 Å². The van der Waals surface area contributed by atoms with Gasteiger partial charge in [0, 0.05) is 29.7 Å².